The quantitative estimate of drug-likeness (QED) is 0.465. The normalized spacial score (nSPS) is 10.5. The summed E-state index contributed by atoms with van der Waals surface area (Å²) in [5.74, 6) is 0.294. The molecule has 3 nitrogen and oxygen atoms in total. The average molecular weight is 255 g/mol. The minimum absolute atomic E-state index is 0.294. The van der Waals surface area contributed by atoms with E-state index in [-0.39, 0.29) is 0 Å². The standard InChI is InChI=1S/C15H33N3/c1-2-3-4-5-6-7-8-9-10-11-12-13-14(16)15(17)18/h2-13,16-18H2,1H3. The smallest absolute Gasteiger partial charge is 0.113 e. The first-order valence-corrected chi connectivity index (χ1v) is 7.68. The molecule has 0 aliphatic carbocycles. The molecule has 0 fully saturated rings. The van der Waals surface area contributed by atoms with Gasteiger partial charge >= 0.3 is 0 Å². The Bertz CT molecular complexity index is 208. The van der Waals surface area contributed by atoms with Crippen molar-refractivity contribution in [3.63, 3.8) is 0 Å². The molecule has 0 aliphatic heterocycles. The highest BCUT2D eigenvalue weighted by Gasteiger charge is 1.96. The predicted molar refractivity (Wildman–Crippen MR) is 80.7 cm³/mol. The Morgan fingerprint density at radius 1 is 0.611 bits per heavy atom. The number of unbranched alkanes of at least 4 members (excludes halogenated alkanes) is 10. The molecule has 108 valence electrons. The summed E-state index contributed by atoms with van der Waals surface area (Å²) in [6, 6.07) is 0. The molecule has 0 aromatic heterocycles. The van der Waals surface area contributed by atoms with Crippen molar-refractivity contribution in [3.8, 4) is 0 Å². The SMILES string of the molecule is CCCCCCCCCCCCCC(N)=C(N)N. The van der Waals surface area contributed by atoms with Crippen LogP contribution in [0.2, 0.25) is 0 Å². The van der Waals surface area contributed by atoms with Gasteiger partial charge in [-0.25, -0.2) is 0 Å². The molecule has 0 amide bonds. The highest BCUT2D eigenvalue weighted by molar-refractivity contribution is 5.02. The zero-order chi connectivity index (χ0) is 13.6. The van der Waals surface area contributed by atoms with Crippen molar-refractivity contribution >= 4 is 0 Å². The van der Waals surface area contributed by atoms with Crippen LogP contribution < -0.4 is 17.2 Å². The van der Waals surface area contributed by atoms with Gasteiger partial charge in [-0.2, -0.15) is 0 Å². The van der Waals surface area contributed by atoms with Crippen molar-refractivity contribution < 1.29 is 0 Å². The monoisotopic (exact) mass is 255 g/mol. The Kier molecular flexibility index (Phi) is 12.0. The Morgan fingerprint density at radius 2 is 1.00 bits per heavy atom. The molecule has 18 heavy (non-hydrogen) atoms. The number of nitrogens with two attached hydrogens (primary N) is 3. The Balaban J connectivity index is 3.10. The van der Waals surface area contributed by atoms with Crippen molar-refractivity contribution in [2.24, 2.45) is 17.2 Å². The van der Waals surface area contributed by atoms with Crippen LogP contribution in [-0.4, -0.2) is 0 Å². The fraction of sp³-hybridized carbons (Fsp3) is 0.867. The maximum Gasteiger partial charge on any atom is 0.113 e. The van der Waals surface area contributed by atoms with E-state index in [1.165, 1.54) is 64.2 Å². The van der Waals surface area contributed by atoms with Gasteiger partial charge in [0.1, 0.15) is 5.82 Å². The first kappa shape index (κ1) is 17.1. The van der Waals surface area contributed by atoms with Crippen LogP contribution in [-0.2, 0) is 0 Å². The van der Waals surface area contributed by atoms with Crippen molar-refractivity contribution in [1.29, 1.82) is 0 Å². The molecule has 0 rings (SSSR count). The summed E-state index contributed by atoms with van der Waals surface area (Å²) in [7, 11) is 0. The van der Waals surface area contributed by atoms with Crippen LogP contribution in [0.1, 0.15) is 84.0 Å². The minimum Gasteiger partial charge on any atom is -0.399 e. The second-order valence-electron chi connectivity index (χ2n) is 5.27. The molecule has 0 radical (unpaired) electrons. The predicted octanol–water partition coefficient (Wildman–Crippen LogP) is 3.73. The van der Waals surface area contributed by atoms with Crippen LogP contribution in [0.3, 0.4) is 0 Å². The summed E-state index contributed by atoms with van der Waals surface area (Å²) in [4.78, 5) is 0. The second-order valence-corrected chi connectivity index (χ2v) is 5.27. The Labute approximate surface area is 113 Å². The Hall–Kier alpha value is -0.860. The summed E-state index contributed by atoms with van der Waals surface area (Å²) in [5, 5.41) is 0. The molecule has 0 aromatic carbocycles. The van der Waals surface area contributed by atoms with Crippen molar-refractivity contribution in [2.75, 3.05) is 0 Å². The van der Waals surface area contributed by atoms with E-state index in [1.807, 2.05) is 0 Å². The van der Waals surface area contributed by atoms with Crippen molar-refractivity contribution in [2.45, 2.75) is 84.0 Å². The van der Waals surface area contributed by atoms with Gasteiger partial charge < -0.3 is 17.2 Å². The maximum atomic E-state index is 5.67. The van der Waals surface area contributed by atoms with E-state index in [2.05, 4.69) is 6.92 Å². The molecule has 0 spiro atoms. The molecule has 0 atom stereocenters. The van der Waals surface area contributed by atoms with Gasteiger partial charge in [0.25, 0.3) is 0 Å². The van der Waals surface area contributed by atoms with Gasteiger partial charge in [0.2, 0.25) is 0 Å². The molecule has 0 bridgehead atoms. The average Bonchev–Trinajstić information content (AvgIpc) is 2.35. The Morgan fingerprint density at radius 3 is 1.39 bits per heavy atom. The van der Waals surface area contributed by atoms with Gasteiger partial charge in [0.05, 0.1) is 0 Å². The molecule has 6 N–H and O–H groups in total. The summed E-state index contributed by atoms with van der Waals surface area (Å²) in [6.45, 7) is 2.26. The van der Waals surface area contributed by atoms with Gasteiger partial charge in [0, 0.05) is 5.70 Å². The van der Waals surface area contributed by atoms with Crippen LogP contribution in [0.4, 0.5) is 0 Å². The van der Waals surface area contributed by atoms with E-state index >= 15 is 0 Å². The van der Waals surface area contributed by atoms with Crippen LogP contribution in [0.15, 0.2) is 11.5 Å². The van der Waals surface area contributed by atoms with Crippen LogP contribution in [0.25, 0.3) is 0 Å². The lowest BCUT2D eigenvalue weighted by molar-refractivity contribution is 0.548. The molecule has 0 aliphatic rings. The number of rotatable bonds is 12. The number of hydrogen-bond acceptors (Lipinski definition) is 3. The van der Waals surface area contributed by atoms with Gasteiger partial charge in [-0.05, 0) is 12.8 Å². The van der Waals surface area contributed by atoms with E-state index in [1.54, 1.807) is 0 Å². The van der Waals surface area contributed by atoms with E-state index in [0.717, 1.165) is 12.8 Å². The van der Waals surface area contributed by atoms with E-state index in [4.69, 9.17) is 17.2 Å². The first-order valence-electron chi connectivity index (χ1n) is 7.68. The van der Waals surface area contributed by atoms with Crippen LogP contribution in [0.5, 0.6) is 0 Å². The lowest BCUT2D eigenvalue weighted by Gasteiger charge is -2.04. The lowest BCUT2D eigenvalue weighted by atomic mass is 10.0. The highest BCUT2D eigenvalue weighted by Crippen LogP contribution is 2.12. The first-order chi connectivity index (χ1) is 8.68. The summed E-state index contributed by atoms with van der Waals surface area (Å²) in [6.07, 6.45) is 15.7. The summed E-state index contributed by atoms with van der Waals surface area (Å²) < 4.78 is 0. The fourth-order valence-electron chi connectivity index (χ4n) is 2.12. The molecular weight excluding hydrogens is 222 g/mol. The second kappa shape index (κ2) is 12.6. The molecule has 0 heterocycles. The van der Waals surface area contributed by atoms with Crippen LogP contribution in [0, 0.1) is 0 Å². The third kappa shape index (κ3) is 11.6. The molecule has 3 heteroatoms. The van der Waals surface area contributed by atoms with Gasteiger partial charge in [-0.15, -0.1) is 0 Å². The maximum absolute atomic E-state index is 5.67. The van der Waals surface area contributed by atoms with Crippen LogP contribution >= 0.6 is 0 Å². The number of allylic oxidation sites excluding steroid dienone is 1. The minimum atomic E-state index is 0.294. The molecular formula is C15H33N3. The van der Waals surface area contributed by atoms with E-state index in [0.29, 0.717) is 11.5 Å². The lowest BCUT2D eigenvalue weighted by Crippen LogP contribution is -2.16. The zero-order valence-corrected chi connectivity index (χ0v) is 12.2. The zero-order valence-electron chi connectivity index (χ0n) is 12.2. The van der Waals surface area contributed by atoms with E-state index in [9.17, 15) is 0 Å². The third-order valence-electron chi connectivity index (χ3n) is 3.42. The third-order valence-corrected chi connectivity index (χ3v) is 3.42. The summed E-state index contributed by atoms with van der Waals surface area (Å²) >= 11 is 0. The topological polar surface area (TPSA) is 78.1 Å². The van der Waals surface area contributed by atoms with Gasteiger partial charge in [-0.1, -0.05) is 71.1 Å². The largest absolute Gasteiger partial charge is 0.399 e. The van der Waals surface area contributed by atoms with E-state index < -0.39 is 0 Å². The molecule has 0 unspecified atom stereocenters. The van der Waals surface area contributed by atoms with Gasteiger partial charge in [0.15, 0.2) is 0 Å². The summed E-state index contributed by atoms with van der Waals surface area (Å²) in [5.41, 5.74) is 17.1. The van der Waals surface area contributed by atoms with Crippen molar-refractivity contribution in [1.82, 2.24) is 0 Å². The van der Waals surface area contributed by atoms with Crippen molar-refractivity contribution in [3.05, 3.63) is 11.5 Å². The molecule has 0 aromatic rings. The van der Waals surface area contributed by atoms with Gasteiger partial charge in [-0.3, -0.25) is 0 Å². The highest BCUT2D eigenvalue weighted by atomic mass is 14.8. The molecule has 0 saturated carbocycles. The fourth-order valence-corrected chi connectivity index (χ4v) is 2.12. The number of hydrogen-bond donors (Lipinski definition) is 3. The molecule has 0 saturated heterocycles.